The van der Waals surface area contributed by atoms with Gasteiger partial charge in [-0.2, -0.15) is 5.10 Å². The van der Waals surface area contributed by atoms with Gasteiger partial charge in [-0.3, -0.25) is 14.6 Å². The van der Waals surface area contributed by atoms with Crippen LogP contribution in [0, 0.1) is 23.2 Å². The topological polar surface area (TPSA) is 88.9 Å². The summed E-state index contributed by atoms with van der Waals surface area (Å²) in [6, 6.07) is 3.85. The van der Waals surface area contributed by atoms with E-state index in [9.17, 15) is 9.59 Å². The van der Waals surface area contributed by atoms with Gasteiger partial charge >= 0.3 is 0 Å². The Bertz CT molecular complexity index is 1020. The molecule has 2 aromatic rings. The first-order valence-corrected chi connectivity index (χ1v) is 11.7. The fraction of sp³-hybridized carbons (Fsp3) is 0.565. The number of amides is 1. The highest BCUT2D eigenvalue weighted by Crippen LogP contribution is 2.61. The number of hydrogen-bond acceptors (Lipinski definition) is 5. The minimum absolute atomic E-state index is 0.134. The molecule has 0 aromatic carbocycles. The van der Waals surface area contributed by atoms with Gasteiger partial charge in [0.15, 0.2) is 0 Å². The van der Waals surface area contributed by atoms with E-state index >= 15 is 0 Å². The third-order valence-electron chi connectivity index (χ3n) is 7.56. The molecule has 0 saturated heterocycles. The molecule has 0 aliphatic heterocycles. The number of fused-ring (bicyclic) bond motifs is 2. The second-order valence-corrected chi connectivity index (χ2v) is 10.4. The Hall–Kier alpha value is -2.22. The van der Waals surface area contributed by atoms with Crippen molar-refractivity contribution >= 4 is 27.5 Å². The summed E-state index contributed by atoms with van der Waals surface area (Å²) in [7, 11) is 0. The lowest BCUT2D eigenvalue weighted by molar-refractivity contribution is -0.122. The van der Waals surface area contributed by atoms with E-state index in [0.717, 1.165) is 17.9 Å². The van der Waals surface area contributed by atoms with Crippen molar-refractivity contribution in [1.29, 1.82) is 0 Å². The van der Waals surface area contributed by atoms with E-state index in [0.29, 0.717) is 33.5 Å². The van der Waals surface area contributed by atoms with Crippen LogP contribution in [-0.2, 0) is 11.3 Å². The first-order valence-electron chi connectivity index (χ1n) is 10.9. The van der Waals surface area contributed by atoms with Gasteiger partial charge < -0.3 is 10.6 Å². The molecule has 5 atom stereocenters. The summed E-state index contributed by atoms with van der Waals surface area (Å²) in [6.45, 7) is 8.81. The SMILES string of the molecule is CC(NC(=O)Cn1ncc(N[C@@H]2C[C@@H]3C[C@H]([C@H]2C)C3(C)C)c(Br)c1=O)c1ccncc1. The largest absolute Gasteiger partial charge is 0.380 e. The smallest absolute Gasteiger partial charge is 0.283 e. The van der Waals surface area contributed by atoms with Crippen molar-refractivity contribution in [2.75, 3.05) is 5.32 Å². The van der Waals surface area contributed by atoms with Crippen molar-refractivity contribution in [3.8, 4) is 0 Å². The molecule has 3 fully saturated rings. The number of rotatable bonds is 6. The van der Waals surface area contributed by atoms with E-state index in [1.54, 1.807) is 18.6 Å². The molecule has 2 aromatic heterocycles. The van der Waals surface area contributed by atoms with Crippen molar-refractivity contribution in [3.63, 3.8) is 0 Å². The van der Waals surface area contributed by atoms with E-state index in [-0.39, 0.29) is 24.1 Å². The second kappa shape index (κ2) is 8.37. The molecular formula is C23H30BrN5O2. The van der Waals surface area contributed by atoms with Crippen LogP contribution in [0.25, 0.3) is 0 Å². The van der Waals surface area contributed by atoms with Crippen LogP contribution >= 0.6 is 15.9 Å². The molecule has 0 radical (unpaired) electrons. The number of carbonyl (C=O) groups is 1. The molecule has 0 spiro atoms. The van der Waals surface area contributed by atoms with Crippen LogP contribution in [0.2, 0.25) is 0 Å². The number of nitrogens with zero attached hydrogens (tertiary/aromatic N) is 3. The summed E-state index contributed by atoms with van der Waals surface area (Å²) in [5.74, 6) is 1.70. The maximum atomic E-state index is 12.8. The summed E-state index contributed by atoms with van der Waals surface area (Å²) in [5, 5.41) is 10.7. The molecule has 1 amide bonds. The second-order valence-electron chi connectivity index (χ2n) is 9.61. The molecule has 166 valence electrons. The lowest BCUT2D eigenvalue weighted by Crippen LogP contribution is -2.58. The minimum Gasteiger partial charge on any atom is -0.380 e. The Morgan fingerprint density at radius 1 is 1.32 bits per heavy atom. The van der Waals surface area contributed by atoms with Crippen molar-refractivity contribution in [2.24, 2.45) is 23.2 Å². The number of pyridine rings is 1. The highest BCUT2D eigenvalue weighted by molar-refractivity contribution is 9.10. The maximum Gasteiger partial charge on any atom is 0.283 e. The van der Waals surface area contributed by atoms with Gasteiger partial charge in [0.2, 0.25) is 5.91 Å². The zero-order valence-electron chi connectivity index (χ0n) is 18.4. The normalized spacial score (nSPS) is 27.1. The van der Waals surface area contributed by atoms with Crippen LogP contribution in [0.1, 0.15) is 52.1 Å². The van der Waals surface area contributed by atoms with Crippen LogP contribution in [0.5, 0.6) is 0 Å². The highest BCUT2D eigenvalue weighted by atomic mass is 79.9. The molecule has 2 bridgehead atoms. The Morgan fingerprint density at radius 2 is 2.03 bits per heavy atom. The molecule has 7 nitrogen and oxygen atoms in total. The average molecular weight is 488 g/mol. The molecule has 2 N–H and O–H groups in total. The van der Waals surface area contributed by atoms with E-state index in [1.165, 1.54) is 11.1 Å². The predicted molar refractivity (Wildman–Crippen MR) is 124 cm³/mol. The van der Waals surface area contributed by atoms with Gasteiger partial charge in [-0.05, 0) is 76.6 Å². The molecule has 3 aliphatic carbocycles. The molecule has 8 heteroatoms. The van der Waals surface area contributed by atoms with Gasteiger partial charge in [0.05, 0.1) is 17.9 Å². The van der Waals surface area contributed by atoms with Crippen LogP contribution in [0.15, 0.2) is 40.0 Å². The Kier molecular flexibility index (Phi) is 5.94. The van der Waals surface area contributed by atoms with E-state index in [1.807, 2.05) is 19.1 Å². The summed E-state index contributed by atoms with van der Waals surface area (Å²) in [4.78, 5) is 29.2. The Labute approximate surface area is 191 Å². The quantitative estimate of drug-likeness (QED) is 0.647. The molecule has 3 saturated carbocycles. The fourth-order valence-electron chi connectivity index (χ4n) is 5.38. The third-order valence-corrected chi connectivity index (χ3v) is 8.32. The van der Waals surface area contributed by atoms with Crippen LogP contribution in [0.3, 0.4) is 0 Å². The molecule has 5 rings (SSSR count). The van der Waals surface area contributed by atoms with Crippen molar-refractivity contribution < 1.29 is 4.79 Å². The van der Waals surface area contributed by atoms with Crippen molar-refractivity contribution in [3.05, 3.63) is 51.1 Å². The molecule has 31 heavy (non-hydrogen) atoms. The number of hydrogen-bond donors (Lipinski definition) is 2. The number of halogens is 1. The number of aromatic nitrogens is 3. The lowest BCUT2D eigenvalue weighted by Gasteiger charge is -2.62. The molecule has 2 heterocycles. The number of nitrogens with one attached hydrogen (secondary N) is 2. The lowest BCUT2D eigenvalue weighted by atomic mass is 9.45. The number of carbonyl (C=O) groups excluding carboxylic acids is 1. The summed E-state index contributed by atoms with van der Waals surface area (Å²) in [6.07, 6.45) is 7.42. The van der Waals surface area contributed by atoms with E-state index < -0.39 is 0 Å². The first-order chi connectivity index (χ1) is 14.7. The Morgan fingerprint density at radius 3 is 2.68 bits per heavy atom. The summed E-state index contributed by atoms with van der Waals surface area (Å²) >= 11 is 3.43. The Balaban J connectivity index is 1.41. The zero-order valence-corrected chi connectivity index (χ0v) is 20.0. The summed E-state index contributed by atoms with van der Waals surface area (Å²) in [5.41, 5.74) is 1.75. The summed E-state index contributed by atoms with van der Waals surface area (Å²) < 4.78 is 1.61. The highest BCUT2D eigenvalue weighted by Gasteiger charge is 2.56. The molecule has 3 aliphatic rings. The van der Waals surface area contributed by atoms with Gasteiger partial charge in [-0.1, -0.05) is 20.8 Å². The van der Waals surface area contributed by atoms with Crippen molar-refractivity contribution in [2.45, 2.75) is 59.2 Å². The molecular weight excluding hydrogens is 458 g/mol. The van der Waals surface area contributed by atoms with Gasteiger partial charge in [0.1, 0.15) is 11.0 Å². The molecule has 1 unspecified atom stereocenters. The van der Waals surface area contributed by atoms with Crippen LogP contribution in [-0.4, -0.2) is 26.7 Å². The third kappa shape index (κ3) is 4.14. The van der Waals surface area contributed by atoms with Crippen molar-refractivity contribution in [1.82, 2.24) is 20.1 Å². The zero-order chi connectivity index (χ0) is 22.3. The first kappa shape index (κ1) is 22.0. The van der Waals surface area contributed by atoms with Gasteiger partial charge in [0.25, 0.3) is 5.56 Å². The van der Waals surface area contributed by atoms with Gasteiger partial charge in [0, 0.05) is 18.4 Å². The van der Waals surface area contributed by atoms with Crippen LogP contribution in [0.4, 0.5) is 5.69 Å². The average Bonchev–Trinajstić information content (AvgIpc) is 2.74. The van der Waals surface area contributed by atoms with E-state index in [4.69, 9.17) is 0 Å². The van der Waals surface area contributed by atoms with Gasteiger partial charge in [-0.15, -0.1) is 0 Å². The predicted octanol–water partition coefficient (Wildman–Crippen LogP) is 3.76. The monoisotopic (exact) mass is 487 g/mol. The fourth-order valence-corrected chi connectivity index (χ4v) is 5.80. The standard InChI is InChI=1S/C23H30BrN5O2/c1-13-17-9-16(23(17,3)4)10-18(13)28-19-11-26-29(22(31)21(19)24)12-20(30)27-14(2)15-5-7-25-8-6-15/h5-8,11,13-14,16-18,28H,9-10,12H2,1-4H3,(H,27,30)/t13-,14?,16+,17-,18-/m1/s1. The van der Waals surface area contributed by atoms with E-state index in [2.05, 4.69) is 57.4 Å². The number of anilines is 1. The van der Waals surface area contributed by atoms with Crippen LogP contribution < -0.4 is 16.2 Å². The van der Waals surface area contributed by atoms with Gasteiger partial charge in [-0.25, -0.2) is 4.68 Å². The maximum absolute atomic E-state index is 12.8. The minimum atomic E-state index is -0.314.